The van der Waals surface area contributed by atoms with Crippen LogP contribution in [-0.2, 0) is 0 Å². The van der Waals surface area contributed by atoms with E-state index >= 15 is 0 Å². The van der Waals surface area contributed by atoms with E-state index in [-0.39, 0.29) is 0 Å². The van der Waals surface area contributed by atoms with Gasteiger partial charge in [0, 0.05) is 17.8 Å². The standard InChI is InChI=1S/C11H18ClN3/c1-4-5-6-7-13-10-8(2)9(3)14-11(12)15-10/h4-7H2,1-3H3,(H,13,14,15). The quantitative estimate of drug-likeness (QED) is 0.619. The number of rotatable bonds is 5. The van der Waals surface area contributed by atoms with E-state index in [0.29, 0.717) is 5.28 Å². The van der Waals surface area contributed by atoms with E-state index in [1.807, 2.05) is 13.8 Å². The fourth-order valence-corrected chi connectivity index (χ4v) is 1.56. The van der Waals surface area contributed by atoms with Crippen LogP contribution < -0.4 is 5.32 Å². The molecule has 84 valence electrons. The summed E-state index contributed by atoms with van der Waals surface area (Å²) in [6.07, 6.45) is 3.63. The molecule has 1 N–H and O–H groups in total. The molecule has 0 atom stereocenters. The smallest absolute Gasteiger partial charge is 0.224 e. The number of hydrogen-bond acceptors (Lipinski definition) is 3. The molecule has 0 spiro atoms. The summed E-state index contributed by atoms with van der Waals surface area (Å²) in [5.41, 5.74) is 2.02. The summed E-state index contributed by atoms with van der Waals surface area (Å²) in [5.74, 6) is 0.864. The van der Waals surface area contributed by atoms with Crippen molar-refractivity contribution in [1.82, 2.24) is 9.97 Å². The fraction of sp³-hybridized carbons (Fsp3) is 0.636. The van der Waals surface area contributed by atoms with Crippen LogP contribution in [0.5, 0.6) is 0 Å². The van der Waals surface area contributed by atoms with E-state index < -0.39 is 0 Å². The van der Waals surface area contributed by atoms with Crippen molar-refractivity contribution in [3.05, 3.63) is 16.5 Å². The van der Waals surface area contributed by atoms with Gasteiger partial charge >= 0.3 is 0 Å². The van der Waals surface area contributed by atoms with Gasteiger partial charge in [0.05, 0.1) is 0 Å². The highest BCUT2D eigenvalue weighted by atomic mass is 35.5. The van der Waals surface area contributed by atoms with Crippen LogP contribution in [0.1, 0.15) is 37.4 Å². The van der Waals surface area contributed by atoms with Gasteiger partial charge in [-0.25, -0.2) is 9.97 Å². The van der Waals surface area contributed by atoms with E-state index in [4.69, 9.17) is 11.6 Å². The number of nitrogens with zero attached hydrogens (tertiary/aromatic N) is 2. The van der Waals surface area contributed by atoms with E-state index in [1.165, 1.54) is 12.8 Å². The minimum Gasteiger partial charge on any atom is -0.370 e. The lowest BCUT2D eigenvalue weighted by Gasteiger charge is -2.09. The van der Waals surface area contributed by atoms with Gasteiger partial charge in [0.25, 0.3) is 0 Å². The maximum atomic E-state index is 5.80. The van der Waals surface area contributed by atoms with Gasteiger partial charge in [-0.3, -0.25) is 0 Å². The first kappa shape index (κ1) is 12.2. The van der Waals surface area contributed by atoms with Crippen LogP contribution in [0, 0.1) is 13.8 Å². The molecule has 0 saturated heterocycles. The first-order chi connectivity index (χ1) is 7.15. The van der Waals surface area contributed by atoms with Crippen molar-refractivity contribution in [3.8, 4) is 0 Å². The first-order valence-corrected chi connectivity index (χ1v) is 5.77. The Morgan fingerprint density at radius 2 is 1.93 bits per heavy atom. The molecule has 1 heterocycles. The molecule has 0 aliphatic carbocycles. The highest BCUT2D eigenvalue weighted by Gasteiger charge is 2.05. The van der Waals surface area contributed by atoms with E-state index in [2.05, 4.69) is 22.2 Å². The van der Waals surface area contributed by atoms with Crippen molar-refractivity contribution in [2.75, 3.05) is 11.9 Å². The highest BCUT2D eigenvalue weighted by Crippen LogP contribution is 2.16. The molecule has 1 aromatic rings. The maximum absolute atomic E-state index is 5.80. The first-order valence-electron chi connectivity index (χ1n) is 5.39. The number of unbranched alkanes of at least 4 members (excludes halogenated alkanes) is 2. The molecular weight excluding hydrogens is 210 g/mol. The molecule has 1 aromatic heterocycles. The molecule has 0 aromatic carbocycles. The molecule has 0 fully saturated rings. The molecule has 0 aliphatic heterocycles. The summed E-state index contributed by atoms with van der Waals surface area (Å²) in [5, 5.41) is 3.61. The number of aromatic nitrogens is 2. The highest BCUT2D eigenvalue weighted by molar-refractivity contribution is 6.28. The summed E-state index contributed by atoms with van der Waals surface area (Å²) in [4.78, 5) is 8.27. The molecule has 3 nitrogen and oxygen atoms in total. The minimum absolute atomic E-state index is 0.316. The van der Waals surface area contributed by atoms with Crippen molar-refractivity contribution in [1.29, 1.82) is 0 Å². The van der Waals surface area contributed by atoms with Crippen molar-refractivity contribution >= 4 is 17.4 Å². The second-order valence-electron chi connectivity index (χ2n) is 3.69. The average Bonchev–Trinajstić information content (AvgIpc) is 2.19. The van der Waals surface area contributed by atoms with Crippen molar-refractivity contribution in [3.63, 3.8) is 0 Å². The number of halogens is 1. The van der Waals surface area contributed by atoms with Crippen LogP contribution in [0.4, 0.5) is 5.82 Å². The largest absolute Gasteiger partial charge is 0.370 e. The lowest BCUT2D eigenvalue weighted by atomic mass is 10.2. The Labute approximate surface area is 96.3 Å². The third kappa shape index (κ3) is 3.67. The van der Waals surface area contributed by atoms with Gasteiger partial charge in [-0.1, -0.05) is 19.8 Å². The molecule has 0 aliphatic rings. The molecule has 0 radical (unpaired) electrons. The molecule has 0 amide bonds. The number of anilines is 1. The van der Waals surface area contributed by atoms with Gasteiger partial charge in [-0.15, -0.1) is 0 Å². The lowest BCUT2D eigenvalue weighted by molar-refractivity contribution is 0.741. The normalized spacial score (nSPS) is 10.4. The Kier molecular flexibility index (Phi) is 4.82. The van der Waals surface area contributed by atoms with Gasteiger partial charge in [0.15, 0.2) is 0 Å². The monoisotopic (exact) mass is 227 g/mol. The zero-order valence-corrected chi connectivity index (χ0v) is 10.4. The van der Waals surface area contributed by atoms with E-state index in [9.17, 15) is 0 Å². The molecular formula is C11H18ClN3. The van der Waals surface area contributed by atoms with Gasteiger partial charge in [-0.2, -0.15) is 0 Å². The zero-order valence-electron chi connectivity index (χ0n) is 9.60. The Hall–Kier alpha value is -0.830. The van der Waals surface area contributed by atoms with Crippen LogP contribution in [0.3, 0.4) is 0 Å². The fourth-order valence-electron chi connectivity index (χ4n) is 1.35. The SMILES string of the molecule is CCCCCNc1nc(Cl)nc(C)c1C. The van der Waals surface area contributed by atoms with Gasteiger partial charge < -0.3 is 5.32 Å². The van der Waals surface area contributed by atoms with E-state index in [0.717, 1.165) is 30.0 Å². The molecule has 0 unspecified atom stereocenters. The van der Waals surface area contributed by atoms with Crippen LogP contribution in [0.15, 0.2) is 0 Å². The van der Waals surface area contributed by atoms with Crippen molar-refractivity contribution in [2.45, 2.75) is 40.0 Å². The van der Waals surface area contributed by atoms with Crippen molar-refractivity contribution < 1.29 is 0 Å². The van der Waals surface area contributed by atoms with Gasteiger partial charge in [-0.05, 0) is 31.9 Å². The predicted octanol–water partition coefficient (Wildman–Crippen LogP) is 3.35. The Morgan fingerprint density at radius 1 is 1.20 bits per heavy atom. The van der Waals surface area contributed by atoms with Crippen LogP contribution in [0.2, 0.25) is 5.28 Å². The molecule has 1 rings (SSSR count). The molecule has 4 heteroatoms. The van der Waals surface area contributed by atoms with Gasteiger partial charge in [0.2, 0.25) is 5.28 Å². The second kappa shape index (κ2) is 5.91. The topological polar surface area (TPSA) is 37.8 Å². The average molecular weight is 228 g/mol. The Bertz CT molecular complexity index is 326. The summed E-state index contributed by atoms with van der Waals surface area (Å²) in [7, 11) is 0. The Balaban J connectivity index is 2.60. The zero-order chi connectivity index (χ0) is 11.3. The van der Waals surface area contributed by atoms with Crippen LogP contribution in [-0.4, -0.2) is 16.5 Å². The number of hydrogen-bond donors (Lipinski definition) is 1. The lowest BCUT2D eigenvalue weighted by Crippen LogP contribution is -2.07. The summed E-state index contributed by atoms with van der Waals surface area (Å²) < 4.78 is 0. The molecule has 15 heavy (non-hydrogen) atoms. The van der Waals surface area contributed by atoms with Crippen LogP contribution >= 0.6 is 11.6 Å². The van der Waals surface area contributed by atoms with Gasteiger partial charge in [0.1, 0.15) is 5.82 Å². The summed E-state index contributed by atoms with van der Waals surface area (Å²) in [6, 6.07) is 0. The minimum atomic E-state index is 0.316. The second-order valence-corrected chi connectivity index (χ2v) is 4.02. The third-order valence-electron chi connectivity index (χ3n) is 2.43. The third-order valence-corrected chi connectivity index (χ3v) is 2.60. The summed E-state index contributed by atoms with van der Waals surface area (Å²) >= 11 is 5.80. The Morgan fingerprint density at radius 3 is 2.60 bits per heavy atom. The molecule has 0 bridgehead atoms. The number of aryl methyl sites for hydroxylation is 1. The summed E-state index contributed by atoms with van der Waals surface area (Å²) in [6.45, 7) is 7.09. The predicted molar refractivity (Wildman–Crippen MR) is 64.5 cm³/mol. The number of nitrogens with one attached hydrogen (secondary N) is 1. The maximum Gasteiger partial charge on any atom is 0.224 e. The van der Waals surface area contributed by atoms with E-state index in [1.54, 1.807) is 0 Å². The molecule has 0 saturated carbocycles. The van der Waals surface area contributed by atoms with Crippen molar-refractivity contribution in [2.24, 2.45) is 0 Å². The van der Waals surface area contributed by atoms with Crippen LogP contribution in [0.25, 0.3) is 0 Å².